The number of hydrogen-bond acceptors (Lipinski definition) is 3. The second kappa shape index (κ2) is 5.70. The van der Waals surface area contributed by atoms with Crippen molar-refractivity contribution >= 4 is 12.0 Å². The van der Waals surface area contributed by atoms with Crippen LogP contribution in [0.1, 0.15) is 19.3 Å². The molecule has 0 spiro atoms. The van der Waals surface area contributed by atoms with E-state index in [0.717, 1.165) is 0 Å². The highest BCUT2D eigenvalue weighted by Gasteiger charge is 2.52. The zero-order chi connectivity index (χ0) is 15.8. The number of urea groups is 1. The fraction of sp³-hybridized carbons (Fsp3) is 0.833. The Kier molecular flexibility index (Phi) is 4.31. The van der Waals surface area contributed by atoms with Gasteiger partial charge in [0.2, 0.25) is 0 Å². The number of carbonyl (C=O) groups is 2. The number of aliphatic hydroxyl groups is 1. The van der Waals surface area contributed by atoms with Gasteiger partial charge in [0.1, 0.15) is 6.54 Å². The molecule has 0 radical (unpaired) electrons. The van der Waals surface area contributed by atoms with Gasteiger partial charge in [-0.15, -0.1) is 0 Å². The number of carboxylic acids is 1. The summed E-state index contributed by atoms with van der Waals surface area (Å²) in [4.78, 5) is 25.2. The number of nitrogens with zero attached hydrogens (tertiary/aromatic N) is 2. The van der Waals surface area contributed by atoms with E-state index in [-0.39, 0.29) is 12.5 Å². The van der Waals surface area contributed by atoms with Gasteiger partial charge in [-0.3, -0.25) is 4.79 Å². The molecule has 0 aliphatic carbocycles. The first kappa shape index (κ1) is 15.9. The van der Waals surface area contributed by atoms with Crippen LogP contribution in [0.5, 0.6) is 0 Å². The van der Waals surface area contributed by atoms with Gasteiger partial charge in [-0.05, 0) is 19.3 Å². The third kappa shape index (κ3) is 3.22. The van der Waals surface area contributed by atoms with Crippen LogP contribution in [0.2, 0.25) is 0 Å². The Morgan fingerprint density at radius 3 is 2.43 bits per heavy atom. The molecule has 0 aromatic heterocycles. The third-order valence-corrected chi connectivity index (χ3v) is 4.09. The molecule has 6 nitrogen and oxygen atoms in total. The molecule has 2 N–H and O–H groups in total. The molecule has 0 aromatic rings. The van der Waals surface area contributed by atoms with Crippen LogP contribution >= 0.6 is 0 Å². The standard InChI is InChI=1S/C12H17F3N2O4/c13-12(14,15)6-16(3-4-18)11(21)17-7-1-2-9(17)8(5-7)10(19)20/h7-9,18H,1-6H2,(H,19,20). The number of aliphatic hydroxyl groups excluding tert-OH is 1. The van der Waals surface area contributed by atoms with Crippen LogP contribution in [0.3, 0.4) is 0 Å². The van der Waals surface area contributed by atoms with E-state index in [1.54, 1.807) is 0 Å². The van der Waals surface area contributed by atoms with Gasteiger partial charge in [-0.25, -0.2) is 4.79 Å². The lowest BCUT2D eigenvalue weighted by atomic mass is 9.89. The largest absolute Gasteiger partial charge is 0.481 e. The van der Waals surface area contributed by atoms with E-state index in [9.17, 15) is 22.8 Å². The first-order chi connectivity index (χ1) is 9.74. The van der Waals surface area contributed by atoms with Crippen LogP contribution in [0, 0.1) is 5.92 Å². The van der Waals surface area contributed by atoms with Gasteiger partial charge in [-0.2, -0.15) is 13.2 Å². The summed E-state index contributed by atoms with van der Waals surface area (Å²) in [5.74, 6) is -1.74. The Morgan fingerprint density at radius 2 is 1.95 bits per heavy atom. The van der Waals surface area contributed by atoms with Gasteiger partial charge in [0.05, 0.1) is 12.5 Å². The second-order valence-electron chi connectivity index (χ2n) is 5.43. The summed E-state index contributed by atoms with van der Waals surface area (Å²) < 4.78 is 37.5. The van der Waals surface area contributed by atoms with E-state index < -0.39 is 49.8 Å². The Balaban J connectivity index is 2.12. The molecule has 2 saturated heterocycles. The highest BCUT2D eigenvalue weighted by molar-refractivity contribution is 5.79. The highest BCUT2D eigenvalue weighted by atomic mass is 19.4. The van der Waals surface area contributed by atoms with Crippen molar-refractivity contribution in [1.82, 2.24) is 9.80 Å². The van der Waals surface area contributed by atoms with Crippen molar-refractivity contribution in [2.24, 2.45) is 5.92 Å². The van der Waals surface area contributed by atoms with Gasteiger partial charge in [0, 0.05) is 18.6 Å². The third-order valence-electron chi connectivity index (χ3n) is 4.09. The number of rotatable bonds is 4. The number of halogens is 3. The average molecular weight is 310 g/mol. The van der Waals surface area contributed by atoms with E-state index in [4.69, 9.17) is 10.2 Å². The van der Waals surface area contributed by atoms with E-state index in [0.29, 0.717) is 17.7 Å². The van der Waals surface area contributed by atoms with Crippen LogP contribution in [0.15, 0.2) is 0 Å². The molecule has 2 heterocycles. The summed E-state index contributed by atoms with van der Waals surface area (Å²) in [6.45, 7) is -2.44. The first-order valence-electron chi connectivity index (χ1n) is 6.72. The van der Waals surface area contributed by atoms with Gasteiger partial charge >= 0.3 is 18.2 Å². The predicted octanol–water partition coefficient (Wildman–Crippen LogP) is 0.900. The molecule has 2 bridgehead atoms. The molecular formula is C12H17F3N2O4. The van der Waals surface area contributed by atoms with Crippen molar-refractivity contribution in [3.8, 4) is 0 Å². The molecule has 2 fully saturated rings. The first-order valence-corrected chi connectivity index (χ1v) is 6.72. The maximum atomic E-state index is 12.5. The van der Waals surface area contributed by atoms with Crippen LogP contribution in [0.25, 0.3) is 0 Å². The lowest BCUT2D eigenvalue weighted by Crippen LogP contribution is -2.50. The Hall–Kier alpha value is -1.51. The zero-order valence-corrected chi connectivity index (χ0v) is 11.2. The van der Waals surface area contributed by atoms with E-state index >= 15 is 0 Å². The maximum absolute atomic E-state index is 12.5. The number of fused-ring (bicyclic) bond motifs is 2. The molecule has 3 atom stereocenters. The number of carboxylic acid groups (broad SMARTS) is 1. The fourth-order valence-corrected chi connectivity index (χ4v) is 3.29. The molecule has 21 heavy (non-hydrogen) atoms. The summed E-state index contributed by atoms with van der Waals surface area (Å²) >= 11 is 0. The smallest absolute Gasteiger partial charge is 0.406 e. The van der Waals surface area contributed by atoms with Gasteiger partial charge < -0.3 is 20.0 Å². The monoisotopic (exact) mass is 310 g/mol. The average Bonchev–Trinajstić information content (AvgIpc) is 2.93. The van der Waals surface area contributed by atoms with E-state index in [1.165, 1.54) is 4.90 Å². The quantitative estimate of drug-likeness (QED) is 0.808. The summed E-state index contributed by atoms with van der Waals surface area (Å²) in [6, 6.07) is -1.70. The van der Waals surface area contributed by atoms with Crippen molar-refractivity contribution in [3.05, 3.63) is 0 Å². The van der Waals surface area contributed by atoms with Crippen LogP contribution in [-0.2, 0) is 4.79 Å². The van der Waals surface area contributed by atoms with Crippen LogP contribution < -0.4 is 0 Å². The number of carbonyl (C=O) groups excluding carboxylic acids is 1. The summed E-state index contributed by atoms with van der Waals surface area (Å²) in [7, 11) is 0. The molecule has 2 rings (SSSR count). The van der Waals surface area contributed by atoms with Crippen molar-refractivity contribution < 1.29 is 33.0 Å². The molecule has 9 heteroatoms. The SMILES string of the molecule is O=C(O)C1CC2CCC1N2C(=O)N(CCO)CC(F)(F)F. The molecule has 120 valence electrons. The molecular weight excluding hydrogens is 293 g/mol. The zero-order valence-electron chi connectivity index (χ0n) is 11.2. The minimum Gasteiger partial charge on any atom is -0.481 e. The minimum atomic E-state index is -4.56. The summed E-state index contributed by atoms with van der Waals surface area (Å²) in [5, 5.41) is 17.9. The lowest BCUT2D eigenvalue weighted by Gasteiger charge is -2.31. The van der Waals surface area contributed by atoms with Gasteiger partial charge in [0.25, 0.3) is 0 Å². The topological polar surface area (TPSA) is 81.1 Å². The Bertz CT molecular complexity index is 429. The van der Waals surface area contributed by atoms with Crippen molar-refractivity contribution in [3.63, 3.8) is 0 Å². The lowest BCUT2D eigenvalue weighted by molar-refractivity contribution is -0.144. The fourth-order valence-electron chi connectivity index (χ4n) is 3.29. The molecule has 0 aromatic carbocycles. The highest BCUT2D eigenvalue weighted by Crippen LogP contribution is 2.42. The summed E-state index contributed by atoms with van der Waals surface area (Å²) in [6.07, 6.45) is -3.17. The Morgan fingerprint density at radius 1 is 1.29 bits per heavy atom. The maximum Gasteiger partial charge on any atom is 0.406 e. The number of alkyl halides is 3. The van der Waals surface area contributed by atoms with E-state index in [1.807, 2.05) is 0 Å². The normalized spacial score (nSPS) is 28.0. The van der Waals surface area contributed by atoms with Crippen LogP contribution in [-0.4, -0.2) is 70.0 Å². The van der Waals surface area contributed by atoms with Gasteiger partial charge in [0.15, 0.2) is 0 Å². The molecule has 3 unspecified atom stereocenters. The van der Waals surface area contributed by atoms with Crippen molar-refractivity contribution in [1.29, 1.82) is 0 Å². The minimum absolute atomic E-state index is 0.282. The van der Waals surface area contributed by atoms with Crippen molar-refractivity contribution in [2.45, 2.75) is 37.5 Å². The second-order valence-corrected chi connectivity index (χ2v) is 5.43. The molecule has 2 amide bonds. The number of amides is 2. The predicted molar refractivity (Wildman–Crippen MR) is 64.5 cm³/mol. The number of hydrogen-bond donors (Lipinski definition) is 2. The van der Waals surface area contributed by atoms with Crippen molar-refractivity contribution in [2.75, 3.05) is 19.7 Å². The van der Waals surface area contributed by atoms with Crippen LogP contribution in [0.4, 0.5) is 18.0 Å². The molecule has 2 aliphatic heterocycles. The molecule has 2 aliphatic rings. The Labute approximate surface area is 119 Å². The number of aliphatic carboxylic acids is 1. The van der Waals surface area contributed by atoms with Gasteiger partial charge in [-0.1, -0.05) is 0 Å². The molecule has 0 saturated carbocycles. The summed E-state index contributed by atoms with van der Waals surface area (Å²) in [5.41, 5.74) is 0. The van der Waals surface area contributed by atoms with E-state index in [2.05, 4.69) is 0 Å².